The van der Waals surface area contributed by atoms with Gasteiger partial charge in [0.05, 0.1) is 35.1 Å². The molecule has 0 unspecified atom stereocenters. The topological polar surface area (TPSA) is 246 Å². The summed E-state index contributed by atoms with van der Waals surface area (Å²) in [6.07, 6.45) is 1.73. The molecule has 0 spiro atoms. The maximum atomic E-state index is 13.8. The van der Waals surface area contributed by atoms with Crippen LogP contribution in [0.1, 0.15) is 92.2 Å². The second-order valence-electron chi connectivity index (χ2n) is 14.1. The van der Waals surface area contributed by atoms with Gasteiger partial charge >= 0.3 is 0 Å². The van der Waals surface area contributed by atoms with E-state index in [2.05, 4.69) is 26.1 Å². The number of halogens is 1. The third-order valence-corrected chi connectivity index (χ3v) is 9.99. The van der Waals surface area contributed by atoms with Gasteiger partial charge in [-0.2, -0.15) is 10.2 Å². The lowest BCUT2D eigenvalue weighted by Crippen LogP contribution is -2.26. The maximum absolute atomic E-state index is 13.8. The van der Waals surface area contributed by atoms with E-state index >= 15 is 0 Å². The van der Waals surface area contributed by atoms with Gasteiger partial charge < -0.3 is 35.4 Å². The van der Waals surface area contributed by atoms with E-state index < -0.39 is 23.6 Å². The number of carbonyl (C=O) groups excluding carboxylic acids is 4. The first kappa shape index (κ1) is 42.1. The Balaban J connectivity index is 0.00000585. The van der Waals surface area contributed by atoms with Crippen molar-refractivity contribution in [2.45, 2.75) is 72.6 Å². The van der Waals surface area contributed by atoms with E-state index in [1.807, 2.05) is 43.9 Å². The molecular formula is C39H48ClN13O6. The average Bonchev–Trinajstić information content (AvgIpc) is 3.97. The van der Waals surface area contributed by atoms with Gasteiger partial charge in [-0.1, -0.05) is 0 Å². The van der Waals surface area contributed by atoms with E-state index in [0.717, 1.165) is 0 Å². The number of ether oxygens (including phenoxy) is 2. The molecule has 4 amide bonds. The van der Waals surface area contributed by atoms with Crippen LogP contribution in [0, 0.1) is 13.8 Å². The van der Waals surface area contributed by atoms with Crippen LogP contribution in [0.2, 0.25) is 0 Å². The van der Waals surface area contributed by atoms with Gasteiger partial charge in [-0.05, 0) is 96.9 Å². The van der Waals surface area contributed by atoms with Crippen molar-refractivity contribution in [3.05, 3.63) is 70.3 Å². The average molecular weight is 830 g/mol. The van der Waals surface area contributed by atoms with E-state index in [1.54, 1.807) is 45.8 Å². The van der Waals surface area contributed by atoms with Crippen molar-refractivity contribution < 1.29 is 28.7 Å². The molecule has 1 aliphatic rings. The Morgan fingerprint density at radius 2 is 1.39 bits per heavy atom. The number of nitrogens with two attached hydrogens (primary N) is 2. The van der Waals surface area contributed by atoms with Gasteiger partial charge in [0.15, 0.2) is 0 Å². The van der Waals surface area contributed by atoms with Gasteiger partial charge in [0.25, 0.3) is 11.8 Å². The molecular weight excluding hydrogens is 782 g/mol. The van der Waals surface area contributed by atoms with Gasteiger partial charge in [0.2, 0.25) is 23.7 Å². The molecule has 7 N–H and O–H groups in total. The molecule has 0 fully saturated rings. The van der Waals surface area contributed by atoms with Crippen LogP contribution in [-0.4, -0.2) is 89.1 Å². The van der Waals surface area contributed by atoms with Crippen LogP contribution in [-0.2, 0) is 19.6 Å². The lowest BCUT2D eigenvalue weighted by molar-refractivity contribution is 0.0991. The van der Waals surface area contributed by atoms with Gasteiger partial charge in [0, 0.05) is 30.8 Å². The Morgan fingerprint density at radius 3 is 1.98 bits per heavy atom. The van der Waals surface area contributed by atoms with Crippen molar-refractivity contribution in [2.75, 3.05) is 37.4 Å². The Kier molecular flexibility index (Phi) is 12.6. The van der Waals surface area contributed by atoms with Crippen LogP contribution in [0.5, 0.6) is 11.5 Å². The van der Waals surface area contributed by atoms with Crippen LogP contribution >= 0.6 is 12.4 Å². The molecule has 7 rings (SSSR count). The van der Waals surface area contributed by atoms with Crippen molar-refractivity contribution >= 4 is 70.0 Å². The molecule has 5 heterocycles. The molecule has 0 aliphatic carbocycles. The smallest absolute Gasteiger partial charge is 0.276 e. The first-order valence-corrected chi connectivity index (χ1v) is 19.2. The molecule has 0 bridgehead atoms. The normalized spacial score (nSPS) is 13.3. The van der Waals surface area contributed by atoms with Gasteiger partial charge in [-0.25, -0.2) is 9.97 Å². The van der Waals surface area contributed by atoms with Crippen LogP contribution in [0.15, 0.2) is 36.4 Å². The number of carbonyl (C=O) groups is 4. The first-order chi connectivity index (χ1) is 27.9. The highest BCUT2D eigenvalue weighted by atomic mass is 35.5. The number of anilines is 2. The molecule has 312 valence electrons. The zero-order valence-corrected chi connectivity index (χ0v) is 34.3. The number of amides is 4. The summed E-state index contributed by atoms with van der Waals surface area (Å²) in [4.78, 5) is 61.6. The van der Waals surface area contributed by atoms with Crippen molar-refractivity contribution in [1.82, 2.24) is 44.0 Å². The van der Waals surface area contributed by atoms with Crippen molar-refractivity contribution in [3.8, 4) is 11.5 Å². The number of aromatic nitrogens is 8. The minimum atomic E-state index is -0.645. The fraction of sp³-hybridized carbons (Fsp3) is 0.385. The summed E-state index contributed by atoms with van der Waals surface area (Å²) in [5, 5.41) is 17.9. The van der Waals surface area contributed by atoms with Gasteiger partial charge in [0.1, 0.15) is 40.5 Å². The molecule has 1 aliphatic heterocycles. The minimum absolute atomic E-state index is 0. The fourth-order valence-corrected chi connectivity index (χ4v) is 7.34. The fourth-order valence-electron chi connectivity index (χ4n) is 7.34. The predicted octanol–water partition coefficient (Wildman–Crippen LogP) is 3.96. The quantitative estimate of drug-likeness (QED) is 0.0824. The SMILES string of the molecule is CCn1nc(C)cc1C(=O)Nc1nc2cc(C(N)=O)cc(OCCCNC)c2n1CCC[C@H]1COc2cc(C(N)=O)cc3nc(NC(=O)c4cc(C)nn4CC)n1c23.Cl. The lowest BCUT2D eigenvalue weighted by atomic mass is 10.1. The summed E-state index contributed by atoms with van der Waals surface area (Å²) in [6, 6.07) is 9.44. The number of aryl methyl sites for hydroxylation is 5. The number of nitrogens with one attached hydrogen (secondary N) is 3. The third-order valence-electron chi connectivity index (χ3n) is 9.99. The summed E-state index contributed by atoms with van der Waals surface area (Å²) in [5.74, 6) is -0.739. The minimum Gasteiger partial charge on any atom is -0.491 e. The molecule has 20 heteroatoms. The van der Waals surface area contributed by atoms with Crippen LogP contribution in [0.4, 0.5) is 11.9 Å². The largest absolute Gasteiger partial charge is 0.491 e. The molecule has 6 aromatic rings. The number of nitrogens with zero attached hydrogens (tertiary/aromatic N) is 8. The molecule has 1 atom stereocenters. The number of hydrogen-bond acceptors (Lipinski definition) is 11. The zero-order valence-electron chi connectivity index (χ0n) is 33.5. The van der Waals surface area contributed by atoms with E-state index in [0.29, 0.717) is 108 Å². The molecule has 0 radical (unpaired) electrons. The van der Waals surface area contributed by atoms with E-state index in [-0.39, 0.29) is 48.1 Å². The Bertz CT molecular complexity index is 2570. The molecule has 0 saturated heterocycles. The highest BCUT2D eigenvalue weighted by Crippen LogP contribution is 2.39. The summed E-state index contributed by atoms with van der Waals surface area (Å²) < 4.78 is 19.5. The van der Waals surface area contributed by atoms with E-state index in [4.69, 9.17) is 30.9 Å². The summed E-state index contributed by atoms with van der Waals surface area (Å²) in [6.45, 7) is 10.0. The predicted molar refractivity (Wildman–Crippen MR) is 223 cm³/mol. The van der Waals surface area contributed by atoms with E-state index in [9.17, 15) is 19.2 Å². The highest BCUT2D eigenvalue weighted by molar-refractivity contribution is 6.05. The van der Waals surface area contributed by atoms with E-state index in [1.165, 1.54) is 0 Å². The molecule has 19 nitrogen and oxygen atoms in total. The van der Waals surface area contributed by atoms with Gasteiger partial charge in [-0.15, -0.1) is 12.4 Å². The third kappa shape index (κ3) is 8.42. The van der Waals surface area contributed by atoms with Gasteiger partial charge in [-0.3, -0.25) is 39.2 Å². The lowest BCUT2D eigenvalue weighted by Gasteiger charge is -2.27. The van der Waals surface area contributed by atoms with Crippen LogP contribution < -0.4 is 36.9 Å². The number of rotatable bonds is 17. The Labute approximate surface area is 345 Å². The second-order valence-corrected chi connectivity index (χ2v) is 14.1. The first-order valence-electron chi connectivity index (χ1n) is 19.2. The molecule has 0 saturated carbocycles. The number of primary amides is 2. The zero-order chi connectivity index (χ0) is 41.2. The molecule has 4 aromatic heterocycles. The van der Waals surface area contributed by atoms with Crippen molar-refractivity contribution in [3.63, 3.8) is 0 Å². The number of fused-ring (bicyclic) bond motifs is 1. The summed E-state index contributed by atoms with van der Waals surface area (Å²) in [7, 11) is 1.85. The number of benzene rings is 2. The van der Waals surface area contributed by atoms with Crippen molar-refractivity contribution in [2.24, 2.45) is 11.5 Å². The van der Waals surface area contributed by atoms with Crippen LogP contribution in [0.25, 0.3) is 22.1 Å². The number of hydrogen-bond donors (Lipinski definition) is 5. The molecule has 59 heavy (non-hydrogen) atoms. The standard InChI is InChI=1S/C39H47N13O6.ClH/c1-6-50-28(14-21(3)47-50)36(55)45-38-43-26-16-23(34(40)53)18-30(57-13-9-11-42-5)32(26)49(38)12-8-10-25-20-58-31-19-24(35(41)54)17-27-33(31)52(25)39(44-27)46-37(56)29-15-22(4)48-51(29)7-2;/h14-19,25,42H,6-13,20H2,1-5H3,(H2,40,53)(H2,41,54)(H,43,45,55)(H,44,46,56);1H/t25-;/m0./s1. The number of imidazole rings is 2. The van der Waals surface area contributed by atoms with Crippen LogP contribution in [0.3, 0.4) is 0 Å². The maximum Gasteiger partial charge on any atom is 0.276 e. The Morgan fingerprint density at radius 1 is 0.814 bits per heavy atom. The highest BCUT2D eigenvalue weighted by Gasteiger charge is 2.30. The van der Waals surface area contributed by atoms with Crippen molar-refractivity contribution in [1.29, 1.82) is 0 Å². The second kappa shape index (κ2) is 17.6. The Hall–Kier alpha value is -6.47. The monoisotopic (exact) mass is 829 g/mol. The summed E-state index contributed by atoms with van der Waals surface area (Å²) >= 11 is 0. The summed E-state index contributed by atoms with van der Waals surface area (Å²) in [5.41, 5.74) is 16.0. The molecule has 2 aromatic carbocycles.